The van der Waals surface area contributed by atoms with Gasteiger partial charge in [0.15, 0.2) is 0 Å². The van der Waals surface area contributed by atoms with Gasteiger partial charge >= 0.3 is 5.97 Å². The van der Waals surface area contributed by atoms with Gasteiger partial charge in [0.1, 0.15) is 5.54 Å². The summed E-state index contributed by atoms with van der Waals surface area (Å²) in [4.78, 5) is 22.8. The fraction of sp³-hybridized carbons (Fsp3) is 0.846. The van der Waals surface area contributed by atoms with E-state index in [1.807, 2.05) is 0 Å². The van der Waals surface area contributed by atoms with Gasteiger partial charge in [-0.25, -0.2) is 4.79 Å². The summed E-state index contributed by atoms with van der Waals surface area (Å²) in [6, 6.07) is 0. The highest BCUT2D eigenvalue weighted by atomic mass is 16.5. The van der Waals surface area contributed by atoms with Crippen molar-refractivity contribution in [3.63, 3.8) is 0 Å². The number of ether oxygens (including phenoxy) is 1. The number of hydrogen-bond donors (Lipinski definition) is 2. The number of hydrogen-bond acceptors (Lipinski definition) is 3. The molecule has 1 rings (SSSR count). The molecule has 0 saturated carbocycles. The maximum absolute atomic E-state index is 11.7. The Morgan fingerprint density at radius 2 is 2.17 bits per heavy atom. The molecule has 0 aliphatic carbocycles. The number of carbonyl (C=O) groups excluding carboxylic acids is 1. The maximum Gasteiger partial charge on any atom is 0.329 e. The van der Waals surface area contributed by atoms with Crippen LogP contribution in [0.2, 0.25) is 0 Å². The van der Waals surface area contributed by atoms with E-state index in [4.69, 9.17) is 9.84 Å². The van der Waals surface area contributed by atoms with E-state index in [0.717, 1.165) is 25.9 Å². The van der Waals surface area contributed by atoms with Crippen molar-refractivity contribution in [1.82, 2.24) is 5.32 Å². The third-order valence-corrected chi connectivity index (χ3v) is 3.56. The number of rotatable bonds is 6. The van der Waals surface area contributed by atoms with Crippen LogP contribution in [0, 0.1) is 0 Å². The van der Waals surface area contributed by atoms with Crippen LogP contribution in [-0.2, 0) is 14.3 Å². The third-order valence-electron chi connectivity index (χ3n) is 3.56. The summed E-state index contributed by atoms with van der Waals surface area (Å²) < 4.78 is 5.54. The number of carboxylic acid groups (broad SMARTS) is 1. The largest absolute Gasteiger partial charge is 0.480 e. The van der Waals surface area contributed by atoms with Crippen molar-refractivity contribution in [2.45, 2.75) is 64.0 Å². The van der Waals surface area contributed by atoms with Gasteiger partial charge in [0.2, 0.25) is 5.91 Å². The van der Waals surface area contributed by atoms with Gasteiger partial charge in [-0.2, -0.15) is 0 Å². The number of amides is 1. The zero-order valence-corrected chi connectivity index (χ0v) is 11.2. The molecule has 5 nitrogen and oxygen atoms in total. The lowest BCUT2D eigenvalue weighted by Gasteiger charge is -2.26. The monoisotopic (exact) mass is 257 g/mol. The number of nitrogens with one attached hydrogen (secondary N) is 1. The van der Waals surface area contributed by atoms with Crippen LogP contribution in [-0.4, -0.2) is 35.2 Å². The molecule has 0 aromatic heterocycles. The molecule has 1 aliphatic rings. The summed E-state index contributed by atoms with van der Waals surface area (Å²) in [6.07, 6.45) is 4.76. The topological polar surface area (TPSA) is 75.6 Å². The Labute approximate surface area is 108 Å². The Kier molecular flexibility index (Phi) is 5.59. The molecule has 2 N–H and O–H groups in total. The van der Waals surface area contributed by atoms with Crippen molar-refractivity contribution in [2.75, 3.05) is 6.61 Å². The van der Waals surface area contributed by atoms with E-state index in [0.29, 0.717) is 19.3 Å². The second-order valence-corrected chi connectivity index (χ2v) is 5.07. The van der Waals surface area contributed by atoms with E-state index in [9.17, 15) is 9.59 Å². The lowest BCUT2D eigenvalue weighted by molar-refractivity contribution is -0.147. The molecule has 1 heterocycles. The van der Waals surface area contributed by atoms with Crippen LogP contribution in [0.4, 0.5) is 0 Å². The van der Waals surface area contributed by atoms with Crippen molar-refractivity contribution in [3.8, 4) is 0 Å². The molecule has 1 aliphatic heterocycles. The summed E-state index contributed by atoms with van der Waals surface area (Å²) in [7, 11) is 0. The summed E-state index contributed by atoms with van der Waals surface area (Å²) in [6.45, 7) is 4.05. The van der Waals surface area contributed by atoms with Crippen LogP contribution in [0.15, 0.2) is 0 Å². The Hall–Kier alpha value is -1.10. The molecule has 18 heavy (non-hydrogen) atoms. The predicted molar refractivity (Wildman–Crippen MR) is 67.3 cm³/mol. The van der Waals surface area contributed by atoms with E-state index in [1.165, 1.54) is 6.92 Å². The van der Waals surface area contributed by atoms with E-state index in [2.05, 4.69) is 5.32 Å². The smallest absolute Gasteiger partial charge is 0.329 e. The van der Waals surface area contributed by atoms with Crippen molar-refractivity contribution in [2.24, 2.45) is 0 Å². The Morgan fingerprint density at radius 1 is 1.44 bits per heavy atom. The molecule has 104 valence electrons. The lowest BCUT2D eigenvalue weighted by Crippen LogP contribution is -2.51. The fourth-order valence-corrected chi connectivity index (χ4v) is 1.99. The average Bonchev–Trinajstić information content (AvgIpc) is 2.37. The van der Waals surface area contributed by atoms with Gasteiger partial charge in [-0.15, -0.1) is 0 Å². The second kappa shape index (κ2) is 6.73. The third kappa shape index (κ3) is 4.29. The number of aliphatic carboxylic acids is 1. The SMILES string of the molecule is CCC(C)(NC(=O)CCC1CCCCO1)C(=O)O. The van der Waals surface area contributed by atoms with Gasteiger partial charge in [-0.3, -0.25) is 4.79 Å². The molecule has 0 spiro atoms. The predicted octanol–water partition coefficient (Wildman–Crippen LogP) is 1.71. The van der Waals surface area contributed by atoms with E-state index in [1.54, 1.807) is 6.92 Å². The summed E-state index contributed by atoms with van der Waals surface area (Å²) in [5.74, 6) is -1.21. The lowest BCUT2D eigenvalue weighted by atomic mass is 9.98. The number of carbonyl (C=O) groups is 2. The molecular weight excluding hydrogens is 234 g/mol. The summed E-state index contributed by atoms with van der Waals surface area (Å²) in [5, 5.41) is 11.6. The van der Waals surface area contributed by atoms with Gasteiger partial charge in [0.05, 0.1) is 6.10 Å². The normalized spacial score (nSPS) is 23.1. The Morgan fingerprint density at radius 3 is 2.67 bits per heavy atom. The van der Waals surface area contributed by atoms with Crippen LogP contribution in [0.1, 0.15) is 52.4 Å². The molecular formula is C13H23NO4. The van der Waals surface area contributed by atoms with Crippen LogP contribution in [0.3, 0.4) is 0 Å². The van der Waals surface area contributed by atoms with E-state index in [-0.39, 0.29) is 12.0 Å². The van der Waals surface area contributed by atoms with Gasteiger partial charge in [0.25, 0.3) is 0 Å². The minimum Gasteiger partial charge on any atom is -0.480 e. The second-order valence-electron chi connectivity index (χ2n) is 5.07. The van der Waals surface area contributed by atoms with Crippen LogP contribution in [0.25, 0.3) is 0 Å². The first-order chi connectivity index (χ1) is 8.48. The minimum atomic E-state index is -1.16. The van der Waals surface area contributed by atoms with Crippen LogP contribution < -0.4 is 5.32 Å². The fourth-order valence-electron chi connectivity index (χ4n) is 1.99. The molecule has 1 amide bonds. The summed E-state index contributed by atoms with van der Waals surface area (Å²) >= 11 is 0. The molecule has 5 heteroatoms. The molecule has 1 fully saturated rings. The van der Waals surface area contributed by atoms with Gasteiger partial charge in [0, 0.05) is 13.0 Å². The molecule has 0 aromatic rings. The van der Waals surface area contributed by atoms with Crippen molar-refractivity contribution in [1.29, 1.82) is 0 Å². The van der Waals surface area contributed by atoms with E-state index >= 15 is 0 Å². The minimum absolute atomic E-state index is 0.155. The average molecular weight is 257 g/mol. The molecule has 1 saturated heterocycles. The highest BCUT2D eigenvalue weighted by molar-refractivity contribution is 5.86. The number of carboxylic acids is 1. The molecule has 2 atom stereocenters. The first-order valence-corrected chi connectivity index (χ1v) is 6.64. The zero-order chi connectivity index (χ0) is 13.6. The Balaban J connectivity index is 2.34. The highest BCUT2D eigenvalue weighted by Gasteiger charge is 2.32. The zero-order valence-electron chi connectivity index (χ0n) is 11.2. The van der Waals surface area contributed by atoms with Crippen molar-refractivity contribution < 1.29 is 19.4 Å². The standard InChI is InChI=1S/C13H23NO4/c1-3-13(2,12(16)17)14-11(15)8-7-10-6-4-5-9-18-10/h10H,3-9H2,1-2H3,(H,14,15)(H,16,17). The van der Waals surface area contributed by atoms with Gasteiger partial charge in [-0.1, -0.05) is 6.92 Å². The maximum atomic E-state index is 11.7. The van der Waals surface area contributed by atoms with Crippen molar-refractivity contribution >= 4 is 11.9 Å². The van der Waals surface area contributed by atoms with Gasteiger partial charge in [-0.05, 0) is 39.0 Å². The molecule has 0 aromatic carbocycles. The van der Waals surface area contributed by atoms with Gasteiger partial charge < -0.3 is 15.2 Å². The van der Waals surface area contributed by atoms with Crippen molar-refractivity contribution in [3.05, 3.63) is 0 Å². The van der Waals surface area contributed by atoms with Crippen LogP contribution >= 0.6 is 0 Å². The Bertz CT molecular complexity index is 299. The van der Waals surface area contributed by atoms with Crippen LogP contribution in [0.5, 0.6) is 0 Å². The molecule has 0 bridgehead atoms. The van der Waals surface area contributed by atoms with E-state index < -0.39 is 11.5 Å². The first kappa shape index (κ1) is 15.0. The first-order valence-electron chi connectivity index (χ1n) is 6.64. The quantitative estimate of drug-likeness (QED) is 0.759. The molecule has 2 unspecified atom stereocenters. The molecule has 0 radical (unpaired) electrons. The summed E-state index contributed by atoms with van der Waals surface area (Å²) in [5.41, 5.74) is -1.16. The highest BCUT2D eigenvalue weighted by Crippen LogP contribution is 2.17.